The van der Waals surface area contributed by atoms with Gasteiger partial charge in [-0.1, -0.05) is 19.1 Å². The zero-order valence-electron chi connectivity index (χ0n) is 9.46. The van der Waals surface area contributed by atoms with Gasteiger partial charge in [-0.2, -0.15) is 0 Å². The first-order valence-electron chi connectivity index (χ1n) is 5.61. The van der Waals surface area contributed by atoms with Crippen LogP contribution < -0.4 is 5.32 Å². The molecule has 1 aromatic rings. The summed E-state index contributed by atoms with van der Waals surface area (Å²) in [4.78, 5) is 0. The van der Waals surface area contributed by atoms with Crippen molar-refractivity contribution in [2.75, 3.05) is 6.54 Å². The second kappa shape index (κ2) is 3.86. The Balaban J connectivity index is 1.92. The third-order valence-corrected chi connectivity index (χ3v) is 3.31. The summed E-state index contributed by atoms with van der Waals surface area (Å²) in [5.74, 6) is 0.346. The Morgan fingerprint density at radius 1 is 1.47 bits per heavy atom. The van der Waals surface area contributed by atoms with Gasteiger partial charge in [0.05, 0.1) is 0 Å². The molecule has 1 aromatic carbocycles. The molecule has 0 bridgehead atoms. The van der Waals surface area contributed by atoms with Crippen molar-refractivity contribution >= 4 is 0 Å². The van der Waals surface area contributed by atoms with Crippen LogP contribution in [0.25, 0.3) is 0 Å². The average molecular weight is 205 g/mol. The monoisotopic (exact) mass is 205 g/mol. The second-order valence-corrected chi connectivity index (χ2v) is 5.01. The van der Waals surface area contributed by atoms with Crippen molar-refractivity contribution in [2.24, 2.45) is 5.41 Å². The Bertz CT molecular complexity index is 344. The Labute approximate surface area is 91.3 Å². The van der Waals surface area contributed by atoms with E-state index in [2.05, 4.69) is 19.2 Å². The highest BCUT2D eigenvalue weighted by atomic mass is 16.3. The number of benzene rings is 1. The highest BCUT2D eigenvalue weighted by Crippen LogP contribution is 2.44. The van der Waals surface area contributed by atoms with Gasteiger partial charge >= 0.3 is 0 Å². The van der Waals surface area contributed by atoms with Crippen LogP contribution in [0.5, 0.6) is 5.75 Å². The fraction of sp³-hybridized carbons (Fsp3) is 0.538. The van der Waals surface area contributed by atoms with Crippen molar-refractivity contribution in [1.82, 2.24) is 5.32 Å². The molecule has 2 nitrogen and oxygen atoms in total. The Hall–Kier alpha value is -1.02. The van der Waals surface area contributed by atoms with Gasteiger partial charge in [0.25, 0.3) is 0 Å². The molecule has 1 saturated carbocycles. The molecule has 1 aliphatic rings. The van der Waals surface area contributed by atoms with Crippen molar-refractivity contribution in [2.45, 2.75) is 32.7 Å². The van der Waals surface area contributed by atoms with E-state index in [9.17, 15) is 5.11 Å². The minimum Gasteiger partial charge on any atom is -0.508 e. The molecule has 0 aromatic heterocycles. The van der Waals surface area contributed by atoms with E-state index in [-0.39, 0.29) is 0 Å². The Morgan fingerprint density at radius 2 is 2.20 bits per heavy atom. The van der Waals surface area contributed by atoms with Gasteiger partial charge in [0.1, 0.15) is 5.75 Å². The molecular weight excluding hydrogens is 186 g/mol. The van der Waals surface area contributed by atoms with E-state index in [4.69, 9.17) is 0 Å². The van der Waals surface area contributed by atoms with Crippen LogP contribution in [-0.4, -0.2) is 11.7 Å². The van der Waals surface area contributed by atoms with Gasteiger partial charge in [0.15, 0.2) is 0 Å². The van der Waals surface area contributed by atoms with Crippen LogP contribution in [0.3, 0.4) is 0 Å². The van der Waals surface area contributed by atoms with Crippen molar-refractivity contribution in [1.29, 1.82) is 0 Å². The smallest absolute Gasteiger partial charge is 0.115 e. The molecule has 0 amide bonds. The lowest BCUT2D eigenvalue weighted by Crippen LogP contribution is -2.25. The number of hydrogen-bond donors (Lipinski definition) is 2. The fourth-order valence-electron chi connectivity index (χ4n) is 1.70. The van der Waals surface area contributed by atoms with E-state index in [0.717, 1.165) is 12.1 Å². The molecule has 0 spiro atoms. The minimum absolute atomic E-state index is 0.314. The number of nitrogens with one attached hydrogen (secondary N) is 1. The number of phenolic OH excluding ortho intramolecular Hbond substituents is 1. The quantitative estimate of drug-likeness (QED) is 0.792. The summed E-state index contributed by atoms with van der Waals surface area (Å²) >= 11 is 0. The van der Waals surface area contributed by atoms with Crippen molar-refractivity contribution in [3.63, 3.8) is 0 Å². The van der Waals surface area contributed by atoms with Crippen molar-refractivity contribution in [3.05, 3.63) is 29.8 Å². The maximum atomic E-state index is 9.37. The van der Waals surface area contributed by atoms with Gasteiger partial charge in [0, 0.05) is 12.6 Å². The predicted octanol–water partition coefficient (Wildman–Crippen LogP) is 2.84. The highest BCUT2D eigenvalue weighted by Gasteiger charge is 2.36. The lowest BCUT2D eigenvalue weighted by Gasteiger charge is -2.17. The first-order valence-corrected chi connectivity index (χ1v) is 5.61. The van der Waals surface area contributed by atoms with E-state index >= 15 is 0 Å². The van der Waals surface area contributed by atoms with Gasteiger partial charge in [-0.15, -0.1) is 0 Å². The Morgan fingerprint density at radius 3 is 2.80 bits per heavy atom. The molecule has 2 rings (SSSR count). The molecule has 82 valence electrons. The molecule has 1 aliphatic carbocycles. The Kier molecular flexibility index (Phi) is 2.70. The van der Waals surface area contributed by atoms with Crippen LogP contribution in [-0.2, 0) is 0 Å². The van der Waals surface area contributed by atoms with Crippen LogP contribution in [0.2, 0.25) is 0 Å². The number of rotatable bonds is 4. The summed E-state index contributed by atoms with van der Waals surface area (Å²) in [7, 11) is 0. The molecule has 0 heterocycles. The van der Waals surface area contributed by atoms with Crippen LogP contribution in [0.15, 0.2) is 24.3 Å². The molecule has 15 heavy (non-hydrogen) atoms. The lowest BCUT2D eigenvalue weighted by molar-refractivity contribution is 0.451. The summed E-state index contributed by atoms with van der Waals surface area (Å²) in [5, 5.41) is 12.9. The average Bonchev–Trinajstić information content (AvgIpc) is 2.94. The zero-order valence-corrected chi connectivity index (χ0v) is 9.46. The molecule has 1 fully saturated rings. The van der Waals surface area contributed by atoms with Crippen LogP contribution >= 0.6 is 0 Å². The number of phenols is 1. The number of aromatic hydroxyl groups is 1. The summed E-state index contributed by atoms with van der Waals surface area (Å²) in [5.41, 5.74) is 1.68. The molecular formula is C13H19NO. The largest absolute Gasteiger partial charge is 0.508 e. The maximum absolute atomic E-state index is 9.37. The van der Waals surface area contributed by atoms with Crippen molar-refractivity contribution < 1.29 is 5.11 Å². The predicted molar refractivity (Wildman–Crippen MR) is 61.9 cm³/mol. The van der Waals surface area contributed by atoms with Crippen LogP contribution in [0.4, 0.5) is 0 Å². The molecule has 0 aliphatic heterocycles. The SMILES string of the molecule is CC(NCC1(C)CC1)c1cccc(O)c1. The third kappa shape index (κ3) is 2.72. The number of hydrogen-bond acceptors (Lipinski definition) is 2. The van der Waals surface area contributed by atoms with E-state index in [1.54, 1.807) is 6.07 Å². The van der Waals surface area contributed by atoms with Crippen LogP contribution in [0.1, 0.15) is 38.3 Å². The summed E-state index contributed by atoms with van der Waals surface area (Å²) in [6.07, 6.45) is 2.68. The molecule has 2 heteroatoms. The first kappa shape index (κ1) is 10.5. The van der Waals surface area contributed by atoms with Crippen LogP contribution in [0, 0.1) is 5.41 Å². The van der Waals surface area contributed by atoms with E-state index < -0.39 is 0 Å². The van der Waals surface area contributed by atoms with Crippen molar-refractivity contribution in [3.8, 4) is 5.75 Å². The lowest BCUT2D eigenvalue weighted by atomic mass is 10.1. The van der Waals surface area contributed by atoms with Gasteiger partial charge in [0.2, 0.25) is 0 Å². The molecule has 0 saturated heterocycles. The minimum atomic E-state index is 0.314. The van der Waals surface area contributed by atoms with E-state index in [0.29, 0.717) is 17.2 Å². The van der Waals surface area contributed by atoms with Gasteiger partial charge in [-0.3, -0.25) is 0 Å². The summed E-state index contributed by atoms with van der Waals surface area (Å²) < 4.78 is 0. The normalized spacial score (nSPS) is 19.9. The zero-order chi connectivity index (χ0) is 10.9. The molecule has 1 unspecified atom stereocenters. The molecule has 2 N–H and O–H groups in total. The van der Waals surface area contributed by atoms with E-state index in [1.165, 1.54) is 12.8 Å². The molecule has 1 atom stereocenters. The standard InChI is InChI=1S/C13H19NO/c1-10(14-9-13(2)6-7-13)11-4-3-5-12(15)8-11/h3-5,8,10,14-15H,6-7,9H2,1-2H3. The van der Waals surface area contributed by atoms with Gasteiger partial charge < -0.3 is 10.4 Å². The second-order valence-electron chi connectivity index (χ2n) is 5.01. The third-order valence-electron chi connectivity index (χ3n) is 3.31. The molecule has 0 radical (unpaired) electrons. The first-order chi connectivity index (χ1) is 7.09. The van der Waals surface area contributed by atoms with Gasteiger partial charge in [-0.25, -0.2) is 0 Å². The maximum Gasteiger partial charge on any atom is 0.115 e. The summed E-state index contributed by atoms with van der Waals surface area (Å²) in [6.45, 7) is 5.53. The highest BCUT2D eigenvalue weighted by molar-refractivity contribution is 5.29. The summed E-state index contributed by atoms with van der Waals surface area (Å²) in [6, 6.07) is 7.79. The fourth-order valence-corrected chi connectivity index (χ4v) is 1.70. The van der Waals surface area contributed by atoms with Gasteiger partial charge in [-0.05, 0) is 42.9 Å². The van der Waals surface area contributed by atoms with E-state index in [1.807, 2.05) is 18.2 Å². The topological polar surface area (TPSA) is 32.3 Å².